The number of hydrazine groups is 1. The van der Waals surface area contributed by atoms with Gasteiger partial charge in [-0.2, -0.15) is 0 Å². The molecule has 110 valence electrons. The smallest absolute Gasteiger partial charge is 0.255 e. The number of hydrogen-bond donors (Lipinski definition) is 3. The van der Waals surface area contributed by atoms with E-state index >= 15 is 0 Å². The van der Waals surface area contributed by atoms with Crippen molar-refractivity contribution in [2.24, 2.45) is 5.84 Å². The van der Waals surface area contributed by atoms with Gasteiger partial charge in [0.25, 0.3) is 5.91 Å². The van der Waals surface area contributed by atoms with Crippen molar-refractivity contribution in [2.45, 2.75) is 6.92 Å². The maximum absolute atomic E-state index is 13.5. The first kappa shape index (κ1) is 14.9. The van der Waals surface area contributed by atoms with E-state index in [0.29, 0.717) is 23.4 Å². The Morgan fingerprint density at radius 2 is 1.71 bits per heavy atom. The monoisotopic (exact) mass is 295 g/mol. The summed E-state index contributed by atoms with van der Waals surface area (Å²) in [6, 6.07) is 5.49. The van der Waals surface area contributed by atoms with Gasteiger partial charge in [-0.05, 0) is 30.7 Å². The molecule has 21 heavy (non-hydrogen) atoms. The van der Waals surface area contributed by atoms with Crippen LogP contribution in [0.1, 0.15) is 15.9 Å². The predicted octanol–water partition coefficient (Wildman–Crippen LogP) is 2.95. The Labute approximate surface area is 118 Å². The minimum atomic E-state index is -1.18. The molecule has 0 heterocycles. The number of anilines is 2. The molecule has 0 saturated heterocycles. The van der Waals surface area contributed by atoms with Crippen molar-refractivity contribution in [3.63, 3.8) is 0 Å². The van der Waals surface area contributed by atoms with Crippen LogP contribution in [0.3, 0.4) is 0 Å². The molecule has 4 nitrogen and oxygen atoms in total. The Bertz CT molecular complexity index is 681. The van der Waals surface area contributed by atoms with Crippen LogP contribution in [0.15, 0.2) is 30.3 Å². The Kier molecular flexibility index (Phi) is 4.13. The molecule has 0 aliphatic heterocycles. The third-order valence-corrected chi connectivity index (χ3v) is 2.89. The van der Waals surface area contributed by atoms with Crippen LogP contribution in [-0.2, 0) is 0 Å². The Balaban J connectivity index is 2.28. The first-order valence-electron chi connectivity index (χ1n) is 5.95. The molecule has 0 aromatic heterocycles. The van der Waals surface area contributed by atoms with E-state index in [1.807, 2.05) is 0 Å². The highest BCUT2D eigenvalue weighted by Crippen LogP contribution is 2.22. The van der Waals surface area contributed by atoms with Crippen molar-refractivity contribution in [3.05, 3.63) is 58.9 Å². The summed E-state index contributed by atoms with van der Waals surface area (Å²) in [5.41, 5.74) is 3.24. The summed E-state index contributed by atoms with van der Waals surface area (Å²) in [5.74, 6) is 1.13. The van der Waals surface area contributed by atoms with Gasteiger partial charge in [-0.3, -0.25) is 10.6 Å². The van der Waals surface area contributed by atoms with Crippen molar-refractivity contribution in [3.8, 4) is 0 Å². The Morgan fingerprint density at radius 1 is 1.10 bits per heavy atom. The molecule has 0 fully saturated rings. The predicted molar refractivity (Wildman–Crippen MR) is 73.3 cm³/mol. The fourth-order valence-electron chi connectivity index (χ4n) is 1.81. The van der Waals surface area contributed by atoms with Crippen LogP contribution in [0.5, 0.6) is 0 Å². The average molecular weight is 295 g/mol. The second kappa shape index (κ2) is 5.84. The van der Waals surface area contributed by atoms with Crippen LogP contribution in [-0.4, -0.2) is 5.91 Å². The summed E-state index contributed by atoms with van der Waals surface area (Å²) in [4.78, 5) is 12.0. The number of carbonyl (C=O) groups excluding carboxylic acids is 1. The van der Waals surface area contributed by atoms with Gasteiger partial charge in [0.15, 0.2) is 11.6 Å². The zero-order valence-electron chi connectivity index (χ0n) is 11.0. The van der Waals surface area contributed by atoms with Crippen molar-refractivity contribution in [1.82, 2.24) is 0 Å². The lowest BCUT2D eigenvalue weighted by atomic mass is 10.1. The van der Waals surface area contributed by atoms with E-state index in [1.165, 1.54) is 12.1 Å². The quantitative estimate of drug-likeness (QED) is 0.602. The summed E-state index contributed by atoms with van der Waals surface area (Å²) in [5, 5.41) is 2.08. The molecule has 0 radical (unpaired) electrons. The normalized spacial score (nSPS) is 10.3. The van der Waals surface area contributed by atoms with Gasteiger partial charge in [-0.25, -0.2) is 13.2 Å². The number of benzene rings is 2. The number of aryl methyl sites for hydroxylation is 1. The first-order valence-corrected chi connectivity index (χ1v) is 5.95. The summed E-state index contributed by atoms with van der Waals surface area (Å²) in [7, 11) is 0. The molecule has 0 saturated carbocycles. The number of nitrogens with two attached hydrogens (primary N) is 1. The summed E-state index contributed by atoms with van der Waals surface area (Å²) >= 11 is 0. The molecule has 1 amide bonds. The highest BCUT2D eigenvalue weighted by molar-refractivity contribution is 6.04. The summed E-state index contributed by atoms with van der Waals surface area (Å²) < 4.78 is 39.7. The number of nitrogens with one attached hydrogen (secondary N) is 2. The van der Waals surface area contributed by atoms with Gasteiger partial charge in [-0.15, -0.1) is 0 Å². The molecule has 0 atom stereocenters. The molecule has 4 N–H and O–H groups in total. The molecule has 2 rings (SSSR count). The van der Waals surface area contributed by atoms with Gasteiger partial charge >= 0.3 is 0 Å². The Morgan fingerprint density at radius 3 is 2.24 bits per heavy atom. The molecule has 0 aliphatic rings. The second-order valence-corrected chi connectivity index (χ2v) is 4.37. The molecule has 0 aliphatic carbocycles. The largest absolute Gasteiger partial charge is 0.324 e. The number of nitrogen functional groups attached to an aromatic ring is 1. The van der Waals surface area contributed by atoms with E-state index < -0.39 is 29.0 Å². The van der Waals surface area contributed by atoms with E-state index in [1.54, 1.807) is 13.0 Å². The molecule has 2 aromatic rings. The van der Waals surface area contributed by atoms with E-state index in [0.717, 1.165) is 0 Å². The van der Waals surface area contributed by atoms with Gasteiger partial charge < -0.3 is 10.7 Å². The first-order chi connectivity index (χ1) is 9.92. The molecule has 0 unspecified atom stereocenters. The maximum atomic E-state index is 13.5. The minimum absolute atomic E-state index is 0.189. The fourth-order valence-corrected chi connectivity index (χ4v) is 1.81. The van der Waals surface area contributed by atoms with Gasteiger partial charge in [0.2, 0.25) is 0 Å². The van der Waals surface area contributed by atoms with E-state index in [9.17, 15) is 18.0 Å². The number of rotatable bonds is 3. The molecule has 0 bridgehead atoms. The van der Waals surface area contributed by atoms with Crippen LogP contribution < -0.4 is 16.6 Å². The minimum Gasteiger partial charge on any atom is -0.324 e. The topological polar surface area (TPSA) is 67.2 Å². The molecular formula is C14H12F3N3O. The average Bonchev–Trinajstić information content (AvgIpc) is 2.42. The molecule has 2 aromatic carbocycles. The molecule has 0 spiro atoms. The van der Waals surface area contributed by atoms with Crippen LogP contribution in [0.4, 0.5) is 24.5 Å². The van der Waals surface area contributed by atoms with Gasteiger partial charge in [-0.1, -0.05) is 0 Å². The highest BCUT2D eigenvalue weighted by Gasteiger charge is 2.15. The van der Waals surface area contributed by atoms with Gasteiger partial charge in [0.05, 0.1) is 5.69 Å². The summed E-state index contributed by atoms with van der Waals surface area (Å²) in [6.07, 6.45) is 0. The van der Waals surface area contributed by atoms with Gasteiger partial charge in [0.1, 0.15) is 11.5 Å². The molecule has 7 heteroatoms. The second-order valence-electron chi connectivity index (χ2n) is 4.37. The fraction of sp³-hybridized carbons (Fsp3) is 0.0714. The number of halogens is 3. The van der Waals surface area contributed by atoms with Crippen molar-refractivity contribution in [1.29, 1.82) is 0 Å². The van der Waals surface area contributed by atoms with Crippen molar-refractivity contribution >= 4 is 17.3 Å². The third kappa shape index (κ3) is 3.14. The van der Waals surface area contributed by atoms with E-state index in [4.69, 9.17) is 5.84 Å². The lowest BCUT2D eigenvalue weighted by molar-refractivity contribution is 0.102. The van der Waals surface area contributed by atoms with Crippen molar-refractivity contribution < 1.29 is 18.0 Å². The standard InChI is InChI=1S/C14H12F3N3O/c1-7-4-8(2-3-12(7)20-18)14(21)19-13-10(16)5-9(15)6-11(13)17/h2-6,20H,18H2,1H3,(H,19,21). The van der Waals surface area contributed by atoms with Crippen LogP contribution in [0.2, 0.25) is 0 Å². The number of hydrogen-bond acceptors (Lipinski definition) is 3. The third-order valence-electron chi connectivity index (χ3n) is 2.89. The Hall–Kier alpha value is -2.54. The van der Waals surface area contributed by atoms with Gasteiger partial charge in [0, 0.05) is 17.7 Å². The zero-order chi connectivity index (χ0) is 15.6. The van der Waals surface area contributed by atoms with E-state index in [-0.39, 0.29) is 5.56 Å². The highest BCUT2D eigenvalue weighted by atomic mass is 19.1. The van der Waals surface area contributed by atoms with Crippen LogP contribution in [0, 0.1) is 24.4 Å². The van der Waals surface area contributed by atoms with Crippen molar-refractivity contribution in [2.75, 3.05) is 10.7 Å². The van der Waals surface area contributed by atoms with Crippen LogP contribution in [0.25, 0.3) is 0 Å². The number of carbonyl (C=O) groups is 1. The van der Waals surface area contributed by atoms with E-state index in [2.05, 4.69) is 10.7 Å². The lowest BCUT2D eigenvalue weighted by Gasteiger charge is -2.10. The SMILES string of the molecule is Cc1cc(C(=O)Nc2c(F)cc(F)cc2F)ccc1NN. The lowest BCUT2D eigenvalue weighted by Crippen LogP contribution is -2.15. The zero-order valence-corrected chi connectivity index (χ0v) is 11.0. The summed E-state index contributed by atoms with van der Waals surface area (Å²) in [6.45, 7) is 1.71. The number of amides is 1. The molecular weight excluding hydrogens is 283 g/mol. The maximum Gasteiger partial charge on any atom is 0.255 e. The van der Waals surface area contributed by atoms with Crippen LogP contribution >= 0.6 is 0 Å².